The third-order valence-corrected chi connectivity index (χ3v) is 6.95. The maximum Gasteiger partial charge on any atom is 0.255 e. The molecule has 0 aliphatic carbocycles. The molecule has 0 aliphatic heterocycles. The molecule has 0 bridgehead atoms. The van der Waals surface area contributed by atoms with E-state index in [9.17, 15) is 4.79 Å². The van der Waals surface area contributed by atoms with E-state index in [1.807, 2.05) is 72.8 Å². The zero-order valence-electron chi connectivity index (χ0n) is 23.3. The number of amides is 1. The number of ether oxygens (including phenoxy) is 2. The van der Waals surface area contributed by atoms with Gasteiger partial charge in [-0.2, -0.15) is 0 Å². The number of carbonyl (C=O) groups excluding carboxylic acids is 1. The van der Waals surface area contributed by atoms with Crippen LogP contribution in [0.2, 0.25) is 0 Å². The van der Waals surface area contributed by atoms with Crippen LogP contribution in [0.3, 0.4) is 0 Å². The average Bonchev–Trinajstić information content (AvgIpc) is 2.96. The van der Waals surface area contributed by atoms with Crippen molar-refractivity contribution in [1.82, 2.24) is 0 Å². The van der Waals surface area contributed by atoms with E-state index in [-0.39, 0.29) is 5.91 Å². The van der Waals surface area contributed by atoms with Crippen LogP contribution in [0.4, 0.5) is 5.69 Å². The monoisotopic (exact) mass is 515 g/mol. The van der Waals surface area contributed by atoms with Gasteiger partial charge in [-0.3, -0.25) is 4.79 Å². The van der Waals surface area contributed by atoms with Crippen molar-refractivity contribution in [2.75, 3.05) is 19.0 Å². The maximum atomic E-state index is 12.7. The number of carbonyl (C=O) groups is 1. The lowest BCUT2D eigenvalue weighted by Crippen LogP contribution is -2.11. The van der Waals surface area contributed by atoms with Crippen molar-refractivity contribution in [2.24, 2.45) is 0 Å². The van der Waals surface area contributed by atoms with Gasteiger partial charge < -0.3 is 14.8 Å². The van der Waals surface area contributed by atoms with Gasteiger partial charge in [-0.25, -0.2) is 0 Å². The highest BCUT2D eigenvalue weighted by atomic mass is 16.5. The van der Waals surface area contributed by atoms with Crippen molar-refractivity contribution < 1.29 is 14.3 Å². The van der Waals surface area contributed by atoms with Crippen LogP contribution in [-0.2, 0) is 0 Å². The van der Waals surface area contributed by atoms with Crippen molar-refractivity contribution >= 4 is 11.6 Å². The minimum atomic E-state index is -0.128. The fourth-order valence-electron chi connectivity index (χ4n) is 4.57. The highest BCUT2D eigenvalue weighted by Crippen LogP contribution is 2.23. The summed E-state index contributed by atoms with van der Waals surface area (Å²) in [5.41, 5.74) is 3.51. The van der Waals surface area contributed by atoms with Crippen molar-refractivity contribution in [3.8, 4) is 22.6 Å². The van der Waals surface area contributed by atoms with Gasteiger partial charge in [0.1, 0.15) is 11.5 Å². The van der Waals surface area contributed by atoms with Crippen LogP contribution in [-0.4, -0.2) is 19.6 Å². The predicted molar refractivity (Wildman–Crippen MR) is 159 cm³/mol. The normalized spacial score (nSPS) is 10.8. The highest BCUT2D eigenvalue weighted by Gasteiger charge is 2.07. The number of nitrogens with one attached hydrogen (secondary N) is 1. The summed E-state index contributed by atoms with van der Waals surface area (Å²) in [6.07, 6.45) is 16.1. The molecule has 0 atom stereocenters. The first-order chi connectivity index (χ1) is 18.7. The van der Waals surface area contributed by atoms with Gasteiger partial charge in [0.05, 0.1) is 13.7 Å². The van der Waals surface area contributed by atoms with Crippen molar-refractivity contribution in [3.05, 3.63) is 78.4 Å². The summed E-state index contributed by atoms with van der Waals surface area (Å²) in [5, 5.41) is 2.97. The van der Waals surface area contributed by atoms with E-state index in [0.29, 0.717) is 5.56 Å². The molecule has 0 aliphatic rings. The standard InChI is InChI=1S/C34H45NO3/c1-3-4-5-6-7-8-9-10-11-12-13-14-27-38-33-25-21-31(22-26-33)35-34(36)30-17-15-28(16-18-30)29-19-23-32(37-2)24-20-29/h15-26H,3-14,27H2,1-2H3,(H,35,36). The number of hydrogen-bond donors (Lipinski definition) is 1. The molecule has 4 heteroatoms. The van der Waals surface area contributed by atoms with Crippen LogP contribution in [0.25, 0.3) is 11.1 Å². The fraction of sp³-hybridized carbons (Fsp3) is 0.441. The Bertz CT molecular complexity index is 1040. The molecule has 0 aromatic heterocycles. The Labute approximate surface area is 229 Å². The molecule has 3 aromatic carbocycles. The number of benzene rings is 3. The second-order valence-electron chi connectivity index (χ2n) is 10.0. The highest BCUT2D eigenvalue weighted by molar-refractivity contribution is 6.04. The zero-order chi connectivity index (χ0) is 26.8. The second kappa shape index (κ2) is 17.3. The van der Waals surface area contributed by atoms with Gasteiger partial charge in [0, 0.05) is 11.3 Å². The lowest BCUT2D eigenvalue weighted by Gasteiger charge is -2.09. The summed E-state index contributed by atoms with van der Waals surface area (Å²) in [4.78, 5) is 12.7. The first-order valence-electron chi connectivity index (χ1n) is 14.5. The third-order valence-electron chi connectivity index (χ3n) is 6.95. The Kier molecular flexibility index (Phi) is 13.3. The molecule has 0 unspecified atom stereocenters. The Hall–Kier alpha value is -3.27. The molecule has 0 radical (unpaired) electrons. The lowest BCUT2D eigenvalue weighted by atomic mass is 10.0. The smallest absolute Gasteiger partial charge is 0.255 e. The van der Waals surface area contributed by atoms with Crippen LogP contribution >= 0.6 is 0 Å². The molecule has 1 N–H and O–H groups in total. The first-order valence-corrected chi connectivity index (χ1v) is 14.5. The van der Waals surface area contributed by atoms with Crippen LogP contribution < -0.4 is 14.8 Å². The molecule has 3 rings (SSSR count). The molecule has 0 saturated carbocycles. The van der Waals surface area contributed by atoms with Gasteiger partial charge in [-0.15, -0.1) is 0 Å². The van der Waals surface area contributed by atoms with Gasteiger partial charge >= 0.3 is 0 Å². The number of rotatable bonds is 18. The van der Waals surface area contributed by atoms with E-state index in [0.717, 1.165) is 41.3 Å². The first kappa shape index (κ1) is 29.3. The Balaban J connectivity index is 1.29. The van der Waals surface area contributed by atoms with Gasteiger partial charge in [0.25, 0.3) is 5.91 Å². The third kappa shape index (κ3) is 10.6. The Morgan fingerprint density at radius 3 is 1.61 bits per heavy atom. The maximum absolute atomic E-state index is 12.7. The molecule has 204 valence electrons. The molecule has 38 heavy (non-hydrogen) atoms. The van der Waals surface area contributed by atoms with E-state index >= 15 is 0 Å². The number of anilines is 1. The SMILES string of the molecule is CCCCCCCCCCCCCCOc1ccc(NC(=O)c2ccc(-c3ccc(OC)cc3)cc2)cc1. The minimum Gasteiger partial charge on any atom is -0.497 e. The van der Waals surface area contributed by atoms with Crippen LogP contribution in [0.5, 0.6) is 11.5 Å². The van der Waals surface area contributed by atoms with E-state index < -0.39 is 0 Å². The quantitative estimate of drug-likeness (QED) is 0.172. The van der Waals surface area contributed by atoms with Crippen molar-refractivity contribution in [1.29, 1.82) is 0 Å². The minimum absolute atomic E-state index is 0.128. The molecule has 0 saturated heterocycles. The van der Waals surface area contributed by atoms with Gasteiger partial charge in [-0.05, 0) is 66.1 Å². The summed E-state index contributed by atoms with van der Waals surface area (Å²) in [5.74, 6) is 1.54. The van der Waals surface area contributed by atoms with Gasteiger partial charge in [0.2, 0.25) is 0 Å². The number of methoxy groups -OCH3 is 1. The van der Waals surface area contributed by atoms with Crippen LogP contribution in [0, 0.1) is 0 Å². The molecule has 0 heterocycles. The molecule has 1 amide bonds. The zero-order valence-corrected chi connectivity index (χ0v) is 23.3. The average molecular weight is 516 g/mol. The van der Waals surface area contributed by atoms with E-state index in [1.54, 1.807) is 7.11 Å². The summed E-state index contributed by atoms with van der Waals surface area (Å²) in [6, 6.07) is 23.1. The number of unbranched alkanes of at least 4 members (excludes halogenated alkanes) is 11. The molecule has 0 spiro atoms. The molecular weight excluding hydrogens is 470 g/mol. The molecule has 4 nitrogen and oxygen atoms in total. The van der Waals surface area contributed by atoms with E-state index in [1.165, 1.54) is 70.6 Å². The van der Waals surface area contributed by atoms with Crippen LogP contribution in [0.15, 0.2) is 72.8 Å². The molecule has 3 aromatic rings. The fourth-order valence-corrected chi connectivity index (χ4v) is 4.57. The van der Waals surface area contributed by atoms with Gasteiger partial charge in [0.15, 0.2) is 0 Å². The Morgan fingerprint density at radius 2 is 1.08 bits per heavy atom. The molecule has 0 fully saturated rings. The summed E-state index contributed by atoms with van der Waals surface area (Å²) < 4.78 is 11.1. The van der Waals surface area contributed by atoms with E-state index in [4.69, 9.17) is 9.47 Å². The summed E-state index contributed by atoms with van der Waals surface area (Å²) >= 11 is 0. The molecular formula is C34H45NO3. The number of hydrogen-bond acceptors (Lipinski definition) is 3. The van der Waals surface area contributed by atoms with Crippen LogP contribution in [0.1, 0.15) is 94.3 Å². The summed E-state index contributed by atoms with van der Waals surface area (Å²) in [7, 11) is 1.66. The lowest BCUT2D eigenvalue weighted by molar-refractivity contribution is 0.102. The summed E-state index contributed by atoms with van der Waals surface area (Å²) in [6.45, 7) is 3.01. The second-order valence-corrected chi connectivity index (χ2v) is 10.0. The van der Waals surface area contributed by atoms with E-state index in [2.05, 4.69) is 12.2 Å². The largest absolute Gasteiger partial charge is 0.497 e. The topological polar surface area (TPSA) is 47.6 Å². The van der Waals surface area contributed by atoms with Crippen molar-refractivity contribution in [2.45, 2.75) is 84.0 Å². The van der Waals surface area contributed by atoms with Crippen molar-refractivity contribution in [3.63, 3.8) is 0 Å². The van der Waals surface area contributed by atoms with Gasteiger partial charge in [-0.1, -0.05) is 102 Å². The Morgan fingerprint density at radius 1 is 0.605 bits per heavy atom. The predicted octanol–water partition coefficient (Wildman–Crippen LogP) is 9.69.